The average molecular weight is 361 g/mol. The first kappa shape index (κ1) is 17.2. The van der Waals surface area contributed by atoms with Gasteiger partial charge in [-0.25, -0.2) is 22.8 Å². The topological polar surface area (TPSA) is 92.2 Å². The number of hydrogen-bond donors (Lipinski definition) is 2. The summed E-state index contributed by atoms with van der Waals surface area (Å²) in [6.07, 6.45) is 1.61. The van der Waals surface area contributed by atoms with Gasteiger partial charge in [0.15, 0.2) is 9.84 Å². The molecule has 1 aromatic heterocycles. The maximum Gasteiger partial charge on any atom is 0.175 e. The molecule has 3 rings (SSSR count). The van der Waals surface area contributed by atoms with Crippen molar-refractivity contribution >= 4 is 26.6 Å². The van der Waals surface area contributed by atoms with Crippen LogP contribution in [0.4, 0.5) is 10.2 Å². The Hall–Kier alpha value is -2.58. The van der Waals surface area contributed by atoms with Crippen molar-refractivity contribution in [1.29, 1.82) is 0 Å². The molecule has 0 fully saturated rings. The van der Waals surface area contributed by atoms with Gasteiger partial charge in [0.1, 0.15) is 18.0 Å². The summed E-state index contributed by atoms with van der Waals surface area (Å²) in [5.41, 5.74) is 1.14. The molecule has 0 bridgehead atoms. The molecule has 1 unspecified atom stereocenters. The van der Waals surface area contributed by atoms with E-state index < -0.39 is 15.9 Å². The third-order valence-corrected chi connectivity index (χ3v) is 4.86. The number of rotatable bonds is 5. The summed E-state index contributed by atoms with van der Waals surface area (Å²) in [5, 5.41) is 13.7. The molecule has 3 aromatic rings. The maximum atomic E-state index is 12.9. The van der Waals surface area contributed by atoms with E-state index in [4.69, 9.17) is 0 Å². The fourth-order valence-electron chi connectivity index (χ4n) is 2.40. The van der Waals surface area contributed by atoms with Crippen LogP contribution in [-0.4, -0.2) is 36.3 Å². The fraction of sp³-hybridized carbons (Fsp3) is 0.176. The monoisotopic (exact) mass is 361 g/mol. The van der Waals surface area contributed by atoms with Crippen molar-refractivity contribution in [3.8, 4) is 0 Å². The lowest BCUT2D eigenvalue weighted by atomic mass is 10.1. The van der Waals surface area contributed by atoms with E-state index in [1.165, 1.54) is 42.7 Å². The Morgan fingerprint density at radius 2 is 1.88 bits per heavy atom. The number of fused-ring (bicyclic) bond motifs is 1. The quantitative estimate of drug-likeness (QED) is 0.725. The zero-order valence-electron chi connectivity index (χ0n) is 13.3. The highest BCUT2D eigenvalue weighted by Gasteiger charge is 2.13. The van der Waals surface area contributed by atoms with Crippen LogP contribution >= 0.6 is 0 Å². The third kappa shape index (κ3) is 3.92. The second-order valence-corrected chi connectivity index (χ2v) is 7.64. The molecule has 0 radical (unpaired) electrons. The van der Waals surface area contributed by atoms with E-state index in [9.17, 15) is 17.9 Å². The number of nitrogens with one attached hydrogen (secondary N) is 1. The van der Waals surface area contributed by atoms with Gasteiger partial charge in [0.25, 0.3) is 0 Å². The van der Waals surface area contributed by atoms with E-state index >= 15 is 0 Å². The lowest BCUT2D eigenvalue weighted by Crippen LogP contribution is -2.13. The molecule has 130 valence electrons. The van der Waals surface area contributed by atoms with Crippen LogP contribution in [0.2, 0.25) is 0 Å². The Kier molecular flexibility index (Phi) is 4.65. The van der Waals surface area contributed by atoms with Crippen molar-refractivity contribution in [3.05, 3.63) is 60.2 Å². The summed E-state index contributed by atoms with van der Waals surface area (Å²) in [4.78, 5) is 8.40. The molecule has 1 heterocycles. The highest BCUT2D eigenvalue weighted by Crippen LogP contribution is 2.24. The lowest BCUT2D eigenvalue weighted by Gasteiger charge is -2.14. The summed E-state index contributed by atoms with van der Waals surface area (Å²) in [6.45, 7) is 0.126. The molecule has 25 heavy (non-hydrogen) atoms. The smallest absolute Gasteiger partial charge is 0.175 e. The van der Waals surface area contributed by atoms with Gasteiger partial charge in [0.05, 0.1) is 16.5 Å². The van der Waals surface area contributed by atoms with Gasteiger partial charge in [0, 0.05) is 18.2 Å². The Balaban J connectivity index is 1.86. The number of sulfone groups is 1. The number of aromatic nitrogens is 2. The summed E-state index contributed by atoms with van der Waals surface area (Å²) in [5.74, 6) is 0.0377. The van der Waals surface area contributed by atoms with E-state index in [2.05, 4.69) is 15.3 Å². The molecular weight excluding hydrogens is 345 g/mol. The fourth-order valence-corrected chi connectivity index (χ4v) is 3.05. The first-order valence-corrected chi connectivity index (χ1v) is 9.36. The molecule has 2 aromatic carbocycles. The van der Waals surface area contributed by atoms with Crippen molar-refractivity contribution in [2.75, 3.05) is 18.1 Å². The van der Waals surface area contributed by atoms with Crippen LogP contribution < -0.4 is 5.32 Å². The predicted molar refractivity (Wildman–Crippen MR) is 92.5 cm³/mol. The molecule has 1 atom stereocenters. The Bertz CT molecular complexity index is 1010. The van der Waals surface area contributed by atoms with Crippen LogP contribution in [-0.2, 0) is 9.84 Å². The minimum Gasteiger partial charge on any atom is -0.387 e. The van der Waals surface area contributed by atoms with Crippen LogP contribution in [0.5, 0.6) is 0 Å². The molecule has 8 heteroatoms. The van der Waals surface area contributed by atoms with E-state index in [0.717, 1.165) is 6.26 Å². The number of nitrogens with zero attached hydrogens (tertiary/aromatic N) is 2. The van der Waals surface area contributed by atoms with Gasteiger partial charge in [-0.1, -0.05) is 12.1 Å². The molecule has 0 spiro atoms. The molecule has 2 N–H and O–H groups in total. The standard InChI is InChI=1S/C17H16FN3O3S/c1-25(23,24)13-6-7-15-14(8-13)17(21-10-20-15)19-9-16(22)11-2-4-12(18)5-3-11/h2-8,10,16,22H,9H2,1H3,(H,19,20,21). The van der Waals surface area contributed by atoms with Crippen molar-refractivity contribution in [1.82, 2.24) is 9.97 Å². The maximum absolute atomic E-state index is 12.9. The second kappa shape index (κ2) is 6.73. The highest BCUT2D eigenvalue weighted by atomic mass is 32.2. The molecular formula is C17H16FN3O3S. The number of halogens is 1. The lowest BCUT2D eigenvalue weighted by molar-refractivity contribution is 0.191. The zero-order valence-corrected chi connectivity index (χ0v) is 14.2. The van der Waals surface area contributed by atoms with Crippen LogP contribution in [0.1, 0.15) is 11.7 Å². The molecule has 0 aliphatic carbocycles. The van der Waals surface area contributed by atoms with Crippen LogP contribution in [0.15, 0.2) is 53.7 Å². The summed E-state index contributed by atoms with van der Waals surface area (Å²) in [7, 11) is -3.36. The molecule has 0 aliphatic heterocycles. The SMILES string of the molecule is CS(=O)(=O)c1ccc2ncnc(NCC(O)c3ccc(F)cc3)c2c1. The number of hydrogen-bond acceptors (Lipinski definition) is 6. The normalized spacial score (nSPS) is 12.9. The number of aliphatic hydroxyl groups is 1. The number of anilines is 1. The Labute approximate surface area is 144 Å². The third-order valence-electron chi connectivity index (χ3n) is 3.75. The van der Waals surface area contributed by atoms with Crippen molar-refractivity contribution in [2.45, 2.75) is 11.0 Å². The van der Waals surface area contributed by atoms with Gasteiger partial charge in [-0.05, 0) is 35.9 Å². The summed E-state index contributed by atoms with van der Waals surface area (Å²) in [6, 6.07) is 10.1. The van der Waals surface area contributed by atoms with E-state index in [1.807, 2.05) is 0 Å². The number of aliphatic hydroxyl groups excluding tert-OH is 1. The van der Waals surface area contributed by atoms with Crippen LogP contribution in [0.25, 0.3) is 10.9 Å². The van der Waals surface area contributed by atoms with Gasteiger partial charge >= 0.3 is 0 Å². The van der Waals surface area contributed by atoms with Gasteiger partial charge < -0.3 is 10.4 Å². The van der Waals surface area contributed by atoms with E-state index in [0.29, 0.717) is 22.3 Å². The largest absolute Gasteiger partial charge is 0.387 e. The Morgan fingerprint density at radius 1 is 1.16 bits per heavy atom. The summed E-state index contributed by atoms with van der Waals surface area (Å²) >= 11 is 0. The van der Waals surface area contributed by atoms with Gasteiger partial charge in [-0.3, -0.25) is 0 Å². The van der Waals surface area contributed by atoms with Crippen molar-refractivity contribution in [2.24, 2.45) is 0 Å². The van der Waals surface area contributed by atoms with Gasteiger partial charge in [-0.15, -0.1) is 0 Å². The van der Waals surface area contributed by atoms with Gasteiger partial charge in [-0.2, -0.15) is 0 Å². The zero-order chi connectivity index (χ0) is 18.0. The molecule has 6 nitrogen and oxygen atoms in total. The minimum absolute atomic E-state index is 0.126. The predicted octanol–water partition coefficient (Wildman–Crippen LogP) is 2.32. The Morgan fingerprint density at radius 3 is 2.56 bits per heavy atom. The van der Waals surface area contributed by atoms with Crippen LogP contribution in [0.3, 0.4) is 0 Å². The van der Waals surface area contributed by atoms with Crippen LogP contribution in [0, 0.1) is 5.82 Å². The minimum atomic E-state index is -3.36. The van der Waals surface area contributed by atoms with E-state index in [1.54, 1.807) is 6.07 Å². The molecule has 0 saturated carbocycles. The van der Waals surface area contributed by atoms with E-state index in [-0.39, 0.29) is 17.3 Å². The molecule has 0 saturated heterocycles. The summed E-state index contributed by atoms with van der Waals surface area (Å²) < 4.78 is 36.4. The molecule has 0 amide bonds. The second-order valence-electron chi connectivity index (χ2n) is 5.62. The van der Waals surface area contributed by atoms with Gasteiger partial charge in [0.2, 0.25) is 0 Å². The first-order valence-electron chi connectivity index (χ1n) is 7.47. The average Bonchev–Trinajstić information content (AvgIpc) is 2.59. The molecule has 0 aliphatic rings. The van der Waals surface area contributed by atoms with Crippen molar-refractivity contribution in [3.63, 3.8) is 0 Å². The number of benzene rings is 2. The highest BCUT2D eigenvalue weighted by molar-refractivity contribution is 7.90. The first-order chi connectivity index (χ1) is 11.8. The van der Waals surface area contributed by atoms with Crippen molar-refractivity contribution < 1.29 is 17.9 Å².